The van der Waals surface area contributed by atoms with Crippen LogP contribution in [0.15, 0.2) is 69.9 Å². The highest BCUT2D eigenvalue weighted by molar-refractivity contribution is 5.81. The molecule has 1 heterocycles. The average Bonchev–Trinajstić information content (AvgIpc) is 2.46. The van der Waals surface area contributed by atoms with E-state index in [9.17, 15) is 4.79 Å². The Bertz CT molecular complexity index is 783. The zero-order valence-electron chi connectivity index (χ0n) is 10.2. The van der Waals surface area contributed by atoms with Crippen LogP contribution in [0.25, 0.3) is 23.1 Å². The van der Waals surface area contributed by atoms with E-state index in [1.165, 1.54) is 6.07 Å². The van der Waals surface area contributed by atoms with Gasteiger partial charge in [-0.2, -0.15) is 0 Å². The van der Waals surface area contributed by atoms with Crippen LogP contribution in [0.4, 0.5) is 0 Å². The second kappa shape index (κ2) is 4.94. The zero-order chi connectivity index (χ0) is 13.1. The first-order valence-electron chi connectivity index (χ1n) is 6.08. The van der Waals surface area contributed by atoms with Crippen LogP contribution < -0.4 is 5.63 Å². The molecule has 0 fully saturated rings. The fourth-order valence-corrected chi connectivity index (χ4v) is 1.95. The summed E-state index contributed by atoms with van der Waals surface area (Å²) in [4.78, 5) is 11.1. The molecule has 0 N–H and O–H groups in total. The fraction of sp³-hybridized carbons (Fsp3) is 0. The van der Waals surface area contributed by atoms with E-state index >= 15 is 0 Å². The third-order valence-corrected chi connectivity index (χ3v) is 2.91. The van der Waals surface area contributed by atoms with Crippen LogP contribution >= 0.6 is 0 Å². The van der Waals surface area contributed by atoms with Crippen molar-refractivity contribution < 1.29 is 4.42 Å². The summed E-state index contributed by atoms with van der Waals surface area (Å²) in [7, 11) is 0. The molecule has 2 nitrogen and oxygen atoms in total. The van der Waals surface area contributed by atoms with Crippen LogP contribution in [-0.2, 0) is 0 Å². The third kappa shape index (κ3) is 2.63. The number of hydrogen-bond acceptors (Lipinski definition) is 2. The number of rotatable bonds is 2. The van der Waals surface area contributed by atoms with Crippen molar-refractivity contribution in [2.75, 3.05) is 0 Å². The summed E-state index contributed by atoms with van der Waals surface area (Å²) in [6.07, 6.45) is 4.10. The molecule has 1 aromatic heterocycles. The molecule has 0 amide bonds. The standard InChI is InChI=1S/C17H12O2/c18-17-11-9-15-12-14(8-10-16(15)19-17)7-6-13-4-2-1-3-5-13/h1-12H/b7-6-. The molecule has 19 heavy (non-hydrogen) atoms. The molecule has 0 atom stereocenters. The Kier molecular flexibility index (Phi) is 2.99. The van der Waals surface area contributed by atoms with Crippen LogP contribution in [0.1, 0.15) is 11.1 Å². The van der Waals surface area contributed by atoms with Gasteiger partial charge in [0.2, 0.25) is 0 Å². The highest BCUT2D eigenvalue weighted by Crippen LogP contribution is 2.16. The Balaban J connectivity index is 1.96. The van der Waals surface area contributed by atoms with E-state index < -0.39 is 0 Å². The maximum atomic E-state index is 11.1. The van der Waals surface area contributed by atoms with Gasteiger partial charge in [-0.05, 0) is 29.3 Å². The number of hydrogen-bond donors (Lipinski definition) is 0. The SMILES string of the molecule is O=c1ccc2cc(/C=C\c3ccccc3)ccc2o1. The van der Waals surface area contributed by atoms with Crippen LogP contribution in [0, 0.1) is 0 Å². The van der Waals surface area contributed by atoms with Crippen molar-refractivity contribution in [1.82, 2.24) is 0 Å². The predicted octanol–water partition coefficient (Wildman–Crippen LogP) is 3.96. The fourth-order valence-electron chi connectivity index (χ4n) is 1.95. The molecule has 0 aliphatic carbocycles. The Morgan fingerprint density at radius 1 is 0.789 bits per heavy atom. The Morgan fingerprint density at radius 3 is 2.42 bits per heavy atom. The van der Waals surface area contributed by atoms with Crippen molar-refractivity contribution in [2.24, 2.45) is 0 Å². The van der Waals surface area contributed by atoms with Gasteiger partial charge in [0.15, 0.2) is 0 Å². The number of benzene rings is 2. The second-order valence-corrected chi connectivity index (χ2v) is 4.30. The molecule has 3 aromatic rings. The summed E-state index contributed by atoms with van der Waals surface area (Å²) in [6.45, 7) is 0. The van der Waals surface area contributed by atoms with Crippen LogP contribution in [0.3, 0.4) is 0 Å². The third-order valence-electron chi connectivity index (χ3n) is 2.91. The molecule has 2 aromatic carbocycles. The maximum Gasteiger partial charge on any atom is 0.336 e. The minimum absolute atomic E-state index is 0.319. The van der Waals surface area contributed by atoms with Crippen molar-refractivity contribution in [3.63, 3.8) is 0 Å². The Morgan fingerprint density at radius 2 is 1.58 bits per heavy atom. The first kappa shape index (κ1) is 11.5. The molecule has 0 aliphatic rings. The second-order valence-electron chi connectivity index (χ2n) is 4.30. The molecule has 0 unspecified atom stereocenters. The molecule has 92 valence electrons. The Hall–Kier alpha value is -2.61. The molecule has 0 spiro atoms. The first-order chi connectivity index (χ1) is 9.31. The van der Waals surface area contributed by atoms with Crippen molar-refractivity contribution in [3.05, 3.63) is 82.2 Å². The predicted molar refractivity (Wildman–Crippen MR) is 77.9 cm³/mol. The summed E-state index contributed by atoms with van der Waals surface area (Å²) in [5.74, 6) is 0. The normalized spacial score (nSPS) is 11.2. The van der Waals surface area contributed by atoms with Crippen molar-refractivity contribution in [3.8, 4) is 0 Å². The van der Waals surface area contributed by atoms with E-state index in [1.54, 1.807) is 6.07 Å². The lowest BCUT2D eigenvalue weighted by atomic mass is 10.1. The minimum atomic E-state index is -0.319. The van der Waals surface area contributed by atoms with Gasteiger partial charge in [0, 0.05) is 11.5 Å². The first-order valence-corrected chi connectivity index (χ1v) is 6.08. The molecule has 3 rings (SSSR count). The summed E-state index contributed by atoms with van der Waals surface area (Å²) in [5.41, 5.74) is 2.52. The molecule has 0 saturated carbocycles. The van der Waals surface area contributed by atoms with Gasteiger partial charge in [0.1, 0.15) is 5.58 Å². The van der Waals surface area contributed by atoms with Crippen LogP contribution in [0.5, 0.6) is 0 Å². The van der Waals surface area contributed by atoms with E-state index in [4.69, 9.17) is 4.42 Å². The van der Waals surface area contributed by atoms with Gasteiger partial charge in [-0.25, -0.2) is 4.79 Å². The minimum Gasteiger partial charge on any atom is -0.423 e. The molecule has 0 saturated heterocycles. The van der Waals surface area contributed by atoms with Crippen molar-refractivity contribution >= 4 is 23.1 Å². The van der Waals surface area contributed by atoms with Crippen LogP contribution in [0.2, 0.25) is 0 Å². The molecule has 2 heteroatoms. The van der Waals surface area contributed by atoms with E-state index in [0.717, 1.165) is 16.5 Å². The van der Waals surface area contributed by atoms with E-state index in [2.05, 4.69) is 18.2 Å². The van der Waals surface area contributed by atoms with Gasteiger partial charge in [-0.1, -0.05) is 48.6 Å². The Labute approximate surface area is 110 Å². The maximum absolute atomic E-state index is 11.1. The summed E-state index contributed by atoms with van der Waals surface area (Å²) in [6, 6.07) is 19.1. The summed E-state index contributed by atoms with van der Waals surface area (Å²) in [5, 5.41) is 0.926. The molecule has 0 radical (unpaired) electrons. The van der Waals surface area contributed by atoms with Crippen LogP contribution in [-0.4, -0.2) is 0 Å². The van der Waals surface area contributed by atoms with E-state index in [1.807, 2.05) is 42.5 Å². The van der Waals surface area contributed by atoms with Gasteiger partial charge in [0.25, 0.3) is 0 Å². The van der Waals surface area contributed by atoms with E-state index in [0.29, 0.717) is 5.58 Å². The average molecular weight is 248 g/mol. The molecular formula is C17H12O2. The smallest absolute Gasteiger partial charge is 0.336 e. The molecular weight excluding hydrogens is 236 g/mol. The van der Waals surface area contributed by atoms with E-state index in [-0.39, 0.29) is 5.63 Å². The topological polar surface area (TPSA) is 30.2 Å². The van der Waals surface area contributed by atoms with Gasteiger partial charge in [0.05, 0.1) is 0 Å². The van der Waals surface area contributed by atoms with Crippen molar-refractivity contribution in [2.45, 2.75) is 0 Å². The number of fused-ring (bicyclic) bond motifs is 1. The van der Waals surface area contributed by atoms with Gasteiger partial charge in [-0.15, -0.1) is 0 Å². The lowest BCUT2D eigenvalue weighted by molar-refractivity contribution is 0.561. The summed E-state index contributed by atoms with van der Waals surface area (Å²) < 4.78 is 5.10. The lowest BCUT2D eigenvalue weighted by Gasteiger charge is -1.98. The zero-order valence-corrected chi connectivity index (χ0v) is 10.2. The highest BCUT2D eigenvalue weighted by Gasteiger charge is 1.97. The monoisotopic (exact) mass is 248 g/mol. The highest BCUT2D eigenvalue weighted by atomic mass is 16.4. The van der Waals surface area contributed by atoms with Gasteiger partial charge in [-0.3, -0.25) is 0 Å². The van der Waals surface area contributed by atoms with Crippen molar-refractivity contribution in [1.29, 1.82) is 0 Å². The lowest BCUT2D eigenvalue weighted by Crippen LogP contribution is -1.93. The quantitative estimate of drug-likeness (QED) is 0.507. The molecule has 0 bridgehead atoms. The van der Waals surface area contributed by atoms with Gasteiger partial charge < -0.3 is 4.42 Å². The van der Waals surface area contributed by atoms with Gasteiger partial charge >= 0.3 is 5.63 Å². The largest absolute Gasteiger partial charge is 0.423 e. The summed E-state index contributed by atoms with van der Waals surface area (Å²) >= 11 is 0. The molecule has 0 aliphatic heterocycles.